The van der Waals surface area contributed by atoms with Crippen molar-refractivity contribution in [1.82, 2.24) is 14.5 Å². The number of aromatic amines is 2. The van der Waals surface area contributed by atoms with Crippen molar-refractivity contribution >= 4 is 0 Å². The van der Waals surface area contributed by atoms with E-state index in [9.17, 15) is 14.4 Å². The molecule has 6 nitrogen and oxygen atoms in total. The van der Waals surface area contributed by atoms with Crippen molar-refractivity contribution in [3.8, 4) is 0 Å². The molecule has 6 heteroatoms. The Kier molecular flexibility index (Phi) is 2.11. The van der Waals surface area contributed by atoms with Crippen molar-refractivity contribution in [2.45, 2.75) is 25.8 Å². The van der Waals surface area contributed by atoms with Crippen molar-refractivity contribution in [3.63, 3.8) is 0 Å². The fraction of sp³-hybridized carbons (Fsp3) is 0.625. The monoisotopic (exact) mass is 197 g/mol. The van der Waals surface area contributed by atoms with E-state index in [0.717, 1.165) is 23.8 Å². The standard InChI is InChI=1S/C8H11N3O3/c12-6-9-7(13)11(8(14)10-6)4-5-2-1-3-5/h5H,1-4H2,(H2,9,10,12,13,14). The molecule has 1 aliphatic carbocycles. The number of aromatic nitrogens is 3. The lowest BCUT2D eigenvalue weighted by atomic mass is 9.85. The van der Waals surface area contributed by atoms with Gasteiger partial charge in [-0.2, -0.15) is 0 Å². The highest BCUT2D eigenvalue weighted by Gasteiger charge is 2.19. The number of H-pyrrole nitrogens is 2. The maximum absolute atomic E-state index is 11.2. The molecule has 1 aromatic heterocycles. The van der Waals surface area contributed by atoms with Crippen LogP contribution < -0.4 is 17.1 Å². The van der Waals surface area contributed by atoms with Gasteiger partial charge in [0.1, 0.15) is 0 Å². The van der Waals surface area contributed by atoms with Gasteiger partial charge in [0, 0.05) is 6.54 Å². The quantitative estimate of drug-likeness (QED) is 0.639. The van der Waals surface area contributed by atoms with E-state index in [2.05, 4.69) is 0 Å². The van der Waals surface area contributed by atoms with Crippen molar-refractivity contribution in [1.29, 1.82) is 0 Å². The van der Waals surface area contributed by atoms with Crippen molar-refractivity contribution in [3.05, 3.63) is 31.5 Å². The Morgan fingerprint density at radius 3 is 2.14 bits per heavy atom. The summed E-state index contributed by atoms with van der Waals surface area (Å²) in [5, 5.41) is 0. The maximum atomic E-state index is 11.2. The fourth-order valence-corrected chi connectivity index (χ4v) is 1.55. The molecule has 0 radical (unpaired) electrons. The summed E-state index contributed by atoms with van der Waals surface area (Å²) in [6, 6.07) is 0. The average molecular weight is 197 g/mol. The summed E-state index contributed by atoms with van der Waals surface area (Å²) < 4.78 is 1.05. The number of nitrogens with one attached hydrogen (secondary N) is 2. The second-order valence-electron chi connectivity index (χ2n) is 3.60. The molecule has 0 saturated heterocycles. The lowest BCUT2D eigenvalue weighted by Gasteiger charge is -2.24. The summed E-state index contributed by atoms with van der Waals surface area (Å²) in [6.07, 6.45) is 3.25. The first-order valence-electron chi connectivity index (χ1n) is 4.60. The number of nitrogens with zero attached hydrogens (tertiary/aromatic N) is 1. The predicted octanol–water partition coefficient (Wildman–Crippen LogP) is -0.975. The van der Waals surface area contributed by atoms with Gasteiger partial charge in [-0.3, -0.25) is 9.97 Å². The molecule has 0 amide bonds. The second kappa shape index (κ2) is 3.28. The van der Waals surface area contributed by atoms with Gasteiger partial charge in [-0.05, 0) is 18.8 Å². The van der Waals surface area contributed by atoms with Crippen LogP contribution in [0.25, 0.3) is 0 Å². The van der Waals surface area contributed by atoms with Crippen LogP contribution in [0.5, 0.6) is 0 Å². The third-order valence-electron chi connectivity index (χ3n) is 2.60. The Bertz CT molecular complexity index is 457. The maximum Gasteiger partial charge on any atom is 0.333 e. The Morgan fingerprint density at radius 2 is 1.71 bits per heavy atom. The molecule has 1 fully saturated rings. The Hall–Kier alpha value is -1.59. The van der Waals surface area contributed by atoms with Crippen LogP contribution >= 0.6 is 0 Å². The average Bonchev–Trinajstić information content (AvgIpc) is 1.98. The van der Waals surface area contributed by atoms with E-state index in [1.807, 2.05) is 9.97 Å². The molecule has 1 aliphatic rings. The topological polar surface area (TPSA) is 87.7 Å². The van der Waals surface area contributed by atoms with E-state index in [4.69, 9.17) is 0 Å². The highest BCUT2D eigenvalue weighted by molar-refractivity contribution is 4.75. The molecule has 76 valence electrons. The molecule has 0 spiro atoms. The molecule has 2 N–H and O–H groups in total. The van der Waals surface area contributed by atoms with Crippen LogP contribution in [0, 0.1) is 5.92 Å². The Labute approximate surface area is 78.6 Å². The van der Waals surface area contributed by atoms with Gasteiger partial charge in [-0.15, -0.1) is 0 Å². The van der Waals surface area contributed by atoms with Gasteiger partial charge in [-0.25, -0.2) is 19.0 Å². The summed E-state index contributed by atoms with van der Waals surface area (Å²) in [5.41, 5.74) is -1.99. The molecular formula is C8H11N3O3. The molecule has 2 rings (SSSR count). The zero-order valence-electron chi connectivity index (χ0n) is 7.58. The van der Waals surface area contributed by atoms with Gasteiger partial charge in [0.25, 0.3) is 0 Å². The highest BCUT2D eigenvalue weighted by Crippen LogP contribution is 2.26. The van der Waals surface area contributed by atoms with E-state index in [1.54, 1.807) is 0 Å². The fourth-order valence-electron chi connectivity index (χ4n) is 1.55. The number of hydrogen-bond acceptors (Lipinski definition) is 3. The summed E-state index contributed by atoms with van der Waals surface area (Å²) in [5.74, 6) is 0.403. The first-order chi connectivity index (χ1) is 6.66. The minimum Gasteiger partial charge on any atom is -0.259 e. The minimum absolute atomic E-state index is 0.403. The van der Waals surface area contributed by atoms with E-state index < -0.39 is 17.1 Å². The predicted molar refractivity (Wildman–Crippen MR) is 49.3 cm³/mol. The summed E-state index contributed by atoms with van der Waals surface area (Å²) >= 11 is 0. The van der Waals surface area contributed by atoms with Crippen LogP contribution in [-0.4, -0.2) is 14.5 Å². The van der Waals surface area contributed by atoms with E-state index >= 15 is 0 Å². The molecule has 1 saturated carbocycles. The molecule has 0 aliphatic heterocycles. The SMILES string of the molecule is O=c1[nH]c(=O)n(CC2CCC2)c(=O)[nH]1. The van der Waals surface area contributed by atoms with Gasteiger partial charge in [0.05, 0.1) is 0 Å². The smallest absolute Gasteiger partial charge is 0.259 e. The lowest BCUT2D eigenvalue weighted by Crippen LogP contribution is -2.44. The first-order valence-corrected chi connectivity index (χ1v) is 4.60. The molecule has 14 heavy (non-hydrogen) atoms. The van der Waals surface area contributed by atoms with Gasteiger partial charge >= 0.3 is 17.1 Å². The highest BCUT2D eigenvalue weighted by atomic mass is 16.2. The zero-order valence-corrected chi connectivity index (χ0v) is 7.58. The van der Waals surface area contributed by atoms with Crippen LogP contribution in [-0.2, 0) is 6.54 Å². The molecule has 0 aromatic carbocycles. The van der Waals surface area contributed by atoms with Crippen LogP contribution in [0.1, 0.15) is 19.3 Å². The first kappa shape index (κ1) is 8.98. The van der Waals surface area contributed by atoms with Gasteiger partial charge in [-0.1, -0.05) is 6.42 Å². The van der Waals surface area contributed by atoms with Crippen LogP contribution in [0.4, 0.5) is 0 Å². The van der Waals surface area contributed by atoms with E-state index in [-0.39, 0.29) is 0 Å². The lowest BCUT2D eigenvalue weighted by molar-refractivity contribution is 0.267. The summed E-state index contributed by atoms with van der Waals surface area (Å²) in [4.78, 5) is 37.2. The number of hydrogen-bond donors (Lipinski definition) is 2. The van der Waals surface area contributed by atoms with Gasteiger partial charge in [0.15, 0.2) is 0 Å². The van der Waals surface area contributed by atoms with Gasteiger partial charge in [0.2, 0.25) is 0 Å². The third-order valence-corrected chi connectivity index (χ3v) is 2.60. The molecule has 1 aromatic rings. The normalized spacial score (nSPS) is 16.6. The molecule has 1 heterocycles. The van der Waals surface area contributed by atoms with Crippen molar-refractivity contribution < 1.29 is 0 Å². The molecular weight excluding hydrogens is 186 g/mol. The molecule has 0 bridgehead atoms. The molecule has 0 atom stereocenters. The second-order valence-corrected chi connectivity index (χ2v) is 3.60. The largest absolute Gasteiger partial charge is 0.333 e. The van der Waals surface area contributed by atoms with E-state index in [0.29, 0.717) is 12.5 Å². The Balaban J connectivity index is 2.37. The van der Waals surface area contributed by atoms with Crippen LogP contribution in [0.2, 0.25) is 0 Å². The summed E-state index contributed by atoms with van der Waals surface area (Å²) in [6.45, 7) is 0.408. The number of rotatable bonds is 2. The van der Waals surface area contributed by atoms with Gasteiger partial charge < -0.3 is 0 Å². The molecule has 0 unspecified atom stereocenters. The third kappa shape index (κ3) is 1.55. The summed E-state index contributed by atoms with van der Waals surface area (Å²) in [7, 11) is 0. The van der Waals surface area contributed by atoms with Crippen LogP contribution in [0.15, 0.2) is 14.4 Å². The zero-order chi connectivity index (χ0) is 10.1. The Morgan fingerprint density at radius 1 is 1.14 bits per heavy atom. The van der Waals surface area contributed by atoms with Crippen molar-refractivity contribution in [2.75, 3.05) is 0 Å². The van der Waals surface area contributed by atoms with Crippen LogP contribution in [0.3, 0.4) is 0 Å². The van der Waals surface area contributed by atoms with Crippen molar-refractivity contribution in [2.24, 2.45) is 5.92 Å². The minimum atomic E-state index is -0.746. The van der Waals surface area contributed by atoms with E-state index in [1.165, 1.54) is 0 Å².